The monoisotopic (exact) mass is 291 g/mol. The number of ketones is 1. The minimum Gasteiger partial charge on any atom is -0.465 e. The van der Waals surface area contributed by atoms with Crippen LogP contribution in [0.1, 0.15) is 25.5 Å². The summed E-state index contributed by atoms with van der Waals surface area (Å²) >= 11 is 0. The first kappa shape index (κ1) is 15.0. The van der Waals surface area contributed by atoms with Crippen LogP contribution in [0.3, 0.4) is 0 Å². The Morgan fingerprint density at radius 1 is 1.38 bits per heavy atom. The number of hydrogen-bond acceptors (Lipinski definition) is 5. The van der Waals surface area contributed by atoms with Crippen molar-refractivity contribution in [2.45, 2.75) is 19.9 Å². The second-order valence-corrected chi connectivity index (χ2v) is 4.80. The van der Waals surface area contributed by atoms with E-state index in [2.05, 4.69) is 0 Å². The van der Waals surface area contributed by atoms with Gasteiger partial charge >= 0.3 is 12.1 Å². The third-order valence-corrected chi connectivity index (χ3v) is 3.43. The molecular formula is C15H17NO5. The third-order valence-electron chi connectivity index (χ3n) is 3.43. The average Bonchev–Trinajstić information content (AvgIpc) is 2.43. The standard InChI is InChI=1S/C15H17NO5/c1-4-20-14(18)12(9(2)17)13-10-7-5-6-8-11(10)21-15(19)16(13)3/h5-8,12-13H,4H2,1-3H3/t12-,13+/m0/s1. The SMILES string of the molecule is CCOC(=O)[C@@H](C(C)=O)[C@H]1c2ccccc2OC(=O)N1C. The van der Waals surface area contributed by atoms with E-state index in [0.29, 0.717) is 11.3 Å². The maximum atomic E-state index is 12.1. The minimum atomic E-state index is -1.07. The molecule has 0 unspecified atom stereocenters. The first-order valence-electron chi connectivity index (χ1n) is 6.68. The Labute approximate surface area is 122 Å². The number of fused-ring (bicyclic) bond motifs is 1. The lowest BCUT2D eigenvalue weighted by molar-refractivity contribution is -0.153. The van der Waals surface area contributed by atoms with Crippen LogP contribution in [-0.4, -0.2) is 36.4 Å². The molecule has 1 aromatic carbocycles. The number of carbonyl (C=O) groups excluding carboxylic acids is 3. The molecule has 0 N–H and O–H groups in total. The van der Waals surface area contributed by atoms with E-state index in [0.717, 1.165) is 0 Å². The predicted molar refractivity (Wildman–Crippen MR) is 73.8 cm³/mol. The summed E-state index contributed by atoms with van der Waals surface area (Å²) in [4.78, 5) is 37.2. The van der Waals surface area contributed by atoms with Gasteiger partial charge in [0.2, 0.25) is 0 Å². The Hall–Kier alpha value is -2.37. The van der Waals surface area contributed by atoms with Crippen LogP contribution in [0, 0.1) is 5.92 Å². The lowest BCUT2D eigenvalue weighted by atomic mass is 9.88. The molecule has 1 heterocycles. The molecular weight excluding hydrogens is 274 g/mol. The van der Waals surface area contributed by atoms with E-state index in [1.54, 1.807) is 31.2 Å². The number of rotatable bonds is 4. The summed E-state index contributed by atoms with van der Waals surface area (Å²) in [7, 11) is 1.50. The number of esters is 1. The highest BCUT2D eigenvalue weighted by molar-refractivity contribution is 5.99. The molecule has 2 rings (SSSR count). The number of benzene rings is 1. The Balaban J connectivity index is 2.50. The van der Waals surface area contributed by atoms with E-state index in [1.165, 1.54) is 18.9 Å². The first-order chi connectivity index (χ1) is 9.97. The number of ether oxygens (including phenoxy) is 2. The summed E-state index contributed by atoms with van der Waals surface area (Å²) in [6.07, 6.45) is -0.603. The van der Waals surface area contributed by atoms with E-state index in [-0.39, 0.29) is 12.4 Å². The molecule has 1 aliphatic heterocycles. The normalized spacial score (nSPS) is 18.5. The van der Waals surface area contributed by atoms with Crippen molar-refractivity contribution in [3.05, 3.63) is 29.8 Å². The van der Waals surface area contributed by atoms with Gasteiger partial charge in [-0.05, 0) is 19.9 Å². The van der Waals surface area contributed by atoms with Gasteiger partial charge in [-0.25, -0.2) is 4.79 Å². The van der Waals surface area contributed by atoms with E-state index < -0.39 is 24.0 Å². The summed E-state index contributed by atoms with van der Waals surface area (Å²) in [6.45, 7) is 3.16. The molecule has 6 heteroatoms. The van der Waals surface area contributed by atoms with Gasteiger partial charge < -0.3 is 14.4 Å². The van der Waals surface area contributed by atoms with Gasteiger partial charge in [0.05, 0.1) is 12.6 Å². The molecule has 1 aromatic rings. The predicted octanol–water partition coefficient (Wildman–Crippen LogP) is 1.94. The maximum absolute atomic E-state index is 12.1. The van der Waals surface area contributed by atoms with E-state index in [1.807, 2.05) is 0 Å². The van der Waals surface area contributed by atoms with Crippen LogP contribution in [0.5, 0.6) is 5.75 Å². The number of Topliss-reactive ketones (excluding diaryl/α,β-unsaturated/α-hetero) is 1. The van der Waals surface area contributed by atoms with Gasteiger partial charge in [0.1, 0.15) is 17.5 Å². The molecule has 6 nitrogen and oxygen atoms in total. The summed E-state index contributed by atoms with van der Waals surface area (Å²) in [5.74, 6) is -1.69. The fourth-order valence-electron chi connectivity index (χ4n) is 2.46. The molecule has 0 fully saturated rings. The summed E-state index contributed by atoms with van der Waals surface area (Å²) in [5, 5.41) is 0. The van der Waals surface area contributed by atoms with Crippen LogP contribution in [0.25, 0.3) is 0 Å². The fourth-order valence-corrected chi connectivity index (χ4v) is 2.46. The van der Waals surface area contributed by atoms with Crippen molar-refractivity contribution >= 4 is 17.8 Å². The number of hydrogen-bond donors (Lipinski definition) is 0. The highest BCUT2D eigenvalue weighted by atomic mass is 16.6. The quantitative estimate of drug-likeness (QED) is 0.626. The van der Waals surface area contributed by atoms with Gasteiger partial charge in [0.15, 0.2) is 0 Å². The second-order valence-electron chi connectivity index (χ2n) is 4.80. The van der Waals surface area contributed by atoms with Crippen molar-refractivity contribution in [2.75, 3.05) is 13.7 Å². The Morgan fingerprint density at radius 3 is 2.67 bits per heavy atom. The van der Waals surface area contributed by atoms with Crippen LogP contribution in [0.2, 0.25) is 0 Å². The van der Waals surface area contributed by atoms with Crippen LogP contribution in [-0.2, 0) is 14.3 Å². The van der Waals surface area contributed by atoms with Crippen LogP contribution in [0.15, 0.2) is 24.3 Å². The van der Waals surface area contributed by atoms with Crippen molar-refractivity contribution in [1.82, 2.24) is 4.90 Å². The zero-order valence-electron chi connectivity index (χ0n) is 12.2. The highest BCUT2D eigenvalue weighted by Gasteiger charge is 2.43. The number of nitrogens with zero attached hydrogens (tertiary/aromatic N) is 1. The van der Waals surface area contributed by atoms with Crippen molar-refractivity contribution in [3.8, 4) is 5.75 Å². The van der Waals surface area contributed by atoms with Crippen molar-refractivity contribution in [1.29, 1.82) is 0 Å². The van der Waals surface area contributed by atoms with Gasteiger partial charge in [-0.1, -0.05) is 18.2 Å². The minimum absolute atomic E-state index is 0.172. The lowest BCUT2D eigenvalue weighted by Crippen LogP contribution is -2.45. The van der Waals surface area contributed by atoms with E-state index in [4.69, 9.17) is 9.47 Å². The Morgan fingerprint density at radius 2 is 2.05 bits per heavy atom. The Bertz CT molecular complexity index is 583. The van der Waals surface area contributed by atoms with Gasteiger partial charge in [0.25, 0.3) is 0 Å². The Kier molecular flexibility index (Phi) is 4.26. The van der Waals surface area contributed by atoms with E-state index >= 15 is 0 Å². The molecule has 1 aliphatic rings. The third kappa shape index (κ3) is 2.74. The fraction of sp³-hybridized carbons (Fsp3) is 0.400. The number of amides is 1. The molecule has 0 bridgehead atoms. The highest BCUT2D eigenvalue weighted by Crippen LogP contribution is 2.39. The summed E-state index contributed by atoms with van der Waals surface area (Å²) in [6, 6.07) is 6.13. The first-order valence-corrected chi connectivity index (χ1v) is 6.68. The van der Waals surface area contributed by atoms with Gasteiger partial charge in [0, 0.05) is 12.6 Å². The molecule has 0 saturated heterocycles. The maximum Gasteiger partial charge on any atom is 0.415 e. The van der Waals surface area contributed by atoms with Crippen molar-refractivity contribution in [3.63, 3.8) is 0 Å². The van der Waals surface area contributed by atoms with Crippen molar-refractivity contribution in [2.24, 2.45) is 5.92 Å². The molecule has 1 amide bonds. The molecule has 2 atom stereocenters. The van der Waals surface area contributed by atoms with E-state index in [9.17, 15) is 14.4 Å². The van der Waals surface area contributed by atoms with Gasteiger partial charge in [-0.3, -0.25) is 9.59 Å². The van der Waals surface area contributed by atoms with Crippen molar-refractivity contribution < 1.29 is 23.9 Å². The van der Waals surface area contributed by atoms with Gasteiger partial charge in [-0.15, -0.1) is 0 Å². The zero-order valence-corrected chi connectivity index (χ0v) is 12.2. The summed E-state index contributed by atoms with van der Waals surface area (Å²) in [5.41, 5.74) is 0.618. The topological polar surface area (TPSA) is 72.9 Å². The molecule has 21 heavy (non-hydrogen) atoms. The second kappa shape index (κ2) is 5.95. The van der Waals surface area contributed by atoms with Crippen LogP contribution >= 0.6 is 0 Å². The molecule has 0 spiro atoms. The lowest BCUT2D eigenvalue weighted by Gasteiger charge is -2.36. The number of para-hydroxylation sites is 1. The summed E-state index contributed by atoms with van der Waals surface area (Å²) < 4.78 is 10.1. The largest absolute Gasteiger partial charge is 0.465 e. The zero-order chi connectivity index (χ0) is 15.6. The number of carbonyl (C=O) groups is 3. The molecule has 112 valence electrons. The molecule has 0 aromatic heterocycles. The molecule has 0 radical (unpaired) electrons. The smallest absolute Gasteiger partial charge is 0.415 e. The molecule has 0 saturated carbocycles. The average molecular weight is 291 g/mol. The van der Waals surface area contributed by atoms with Crippen LogP contribution < -0.4 is 4.74 Å². The van der Waals surface area contributed by atoms with Gasteiger partial charge in [-0.2, -0.15) is 0 Å². The van der Waals surface area contributed by atoms with Crippen LogP contribution in [0.4, 0.5) is 4.79 Å². The molecule has 0 aliphatic carbocycles.